The van der Waals surface area contributed by atoms with E-state index in [1.807, 2.05) is 0 Å². The first-order valence-corrected chi connectivity index (χ1v) is 5.85. The molecule has 0 spiro atoms. The highest BCUT2D eigenvalue weighted by Gasteiger charge is 2.47. The third kappa shape index (κ3) is 3.35. The van der Waals surface area contributed by atoms with Gasteiger partial charge in [-0.3, -0.25) is 4.90 Å². The van der Waals surface area contributed by atoms with Crippen molar-refractivity contribution in [2.75, 3.05) is 13.7 Å². The van der Waals surface area contributed by atoms with Gasteiger partial charge in [0.25, 0.3) is 0 Å². The van der Waals surface area contributed by atoms with Crippen LogP contribution in [0.1, 0.15) is 34.1 Å². The molecule has 2 atom stereocenters. The van der Waals surface area contributed by atoms with E-state index in [-0.39, 0.29) is 13.0 Å². The van der Waals surface area contributed by atoms with Gasteiger partial charge in [0.05, 0.1) is 12.1 Å². The number of ether oxygens (including phenoxy) is 2. The molecule has 1 aliphatic heterocycles. The topological polar surface area (TPSA) is 76.1 Å². The lowest BCUT2D eigenvalue weighted by atomic mass is 10.0. The Balaban J connectivity index is 2.85. The third-order valence-corrected chi connectivity index (χ3v) is 2.91. The molecular weight excluding hydrogens is 238 g/mol. The molecule has 104 valence electrons. The van der Waals surface area contributed by atoms with Crippen LogP contribution in [-0.4, -0.2) is 53.0 Å². The molecule has 1 saturated heterocycles. The molecule has 0 radical (unpaired) electrons. The Hall–Kier alpha value is -1.30. The van der Waals surface area contributed by atoms with Crippen molar-refractivity contribution in [3.05, 3.63) is 0 Å². The summed E-state index contributed by atoms with van der Waals surface area (Å²) in [6.45, 7) is 7.23. The van der Waals surface area contributed by atoms with Gasteiger partial charge in [0.2, 0.25) is 0 Å². The summed E-state index contributed by atoms with van der Waals surface area (Å²) in [5.41, 5.74) is -1.29. The quantitative estimate of drug-likeness (QED) is 0.813. The number of carboxylic acids is 1. The van der Waals surface area contributed by atoms with Crippen molar-refractivity contribution >= 4 is 12.1 Å². The van der Waals surface area contributed by atoms with E-state index in [1.54, 1.807) is 27.7 Å². The van der Waals surface area contributed by atoms with Crippen LogP contribution in [0.2, 0.25) is 0 Å². The Labute approximate surface area is 107 Å². The van der Waals surface area contributed by atoms with Crippen molar-refractivity contribution in [2.45, 2.75) is 51.4 Å². The maximum atomic E-state index is 12.0. The van der Waals surface area contributed by atoms with Gasteiger partial charge in [-0.25, -0.2) is 9.59 Å². The molecule has 1 heterocycles. The molecule has 1 N–H and O–H groups in total. The summed E-state index contributed by atoms with van der Waals surface area (Å²) in [5.74, 6) is -1.04. The fourth-order valence-electron chi connectivity index (χ4n) is 1.94. The van der Waals surface area contributed by atoms with Gasteiger partial charge in [-0.05, 0) is 27.7 Å². The van der Waals surface area contributed by atoms with Crippen LogP contribution in [0, 0.1) is 0 Å². The molecule has 0 aromatic carbocycles. The third-order valence-electron chi connectivity index (χ3n) is 2.91. The zero-order valence-electron chi connectivity index (χ0n) is 11.5. The van der Waals surface area contributed by atoms with E-state index in [1.165, 1.54) is 12.0 Å². The first-order chi connectivity index (χ1) is 8.08. The number of carbonyl (C=O) groups is 2. The number of carboxylic acid groups (broad SMARTS) is 1. The van der Waals surface area contributed by atoms with Crippen LogP contribution < -0.4 is 0 Å². The van der Waals surface area contributed by atoms with Gasteiger partial charge in [0, 0.05) is 13.5 Å². The summed E-state index contributed by atoms with van der Waals surface area (Å²) >= 11 is 0. The lowest BCUT2D eigenvalue weighted by Crippen LogP contribution is -2.44. The summed E-state index contributed by atoms with van der Waals surface area (Å²) in [4.78, 5) is 24.4. The Kier molecular flexibility index (Phi) is 3.90. The SMILES string of the molecule is COC1(C)C[C@H](C(=O)O)N(C(=O)OC(C)(C)C)C1. The summed E-state index contributed by atoms with van der Waals surface area (Å²) in [6, 6.07) is -0.898. The average molecular weight is 259 g/mol. The van der Waals surface area contributed by atoms with E-state index in [2.05, 4.69) is 0 Å². The standard InChI is InChI=1S/C12H21NO5/c1-11(2,3)18-10(16)13-7-12(4,17-5)6-8(13)9(14)15/h8H,6-7H2,1-5H3,(H,14,15)/t8-,12?/m1/s1. The average Bonchev–Trinajstić information content (AvgIpc) is 2.55. The summed E-state index contributed by atoms with van der Waals surface area (Å²) in [7, 11) is 1.51. The molecule has 0 aromatic heterocycles. The van der Waals surface area contributed by atoms with Crippen molar-refractivity contribution in [1.29, 1.82) is 0 Å². The van der Waals surface area contributed by atoms with Gasteiger partial charge in [0.15, 0.2) is 0 Å². The highest BCUT2D eigenvalue weighted by atomic mass is 16.6. The van der Waals surface area contributed by atoms with Gasteiger partial charge in [-0.1, -0.05) is 0 Å². The van der Waals surface area contributed by atoms with E-state index in [9.17, 15) is 9.59 Å². The van der Waals surface area contributed by atoms with E-state index in [4.69, 9.17) is 14.6 Å². The van der Waals surface area contributed by atoms with Crippen molar-refractivity contribution in [2.24, 2.45) is 0 Å². The lowest BCUT2D eigenvalue weighted by molar-refractivity contribution is -0.142. The number of rotatable bonds is 2. The molecule has 1 unspecified atom stereocenters. The molecule has 1 aliphatic rings. The normalized spacial score (nSPS) is 28.3. The number of aliphatic carboxylic acids is 1. The van der Waals surface area contributed by atoms with Gasteiger partial charge in [0.1, 0.15) is 11.6 Å². The van der Waals surface area contributed by atoms with E-state index >= 15 is 0 Å². The van der Waals surface area contributed by atoms with Crippen LogP contribution in [0.15, 0.2) is 0 Å². The van der Waals surface area contributed by atoms with E-state index < -0.39 is 29.3 Å². The van der Waals surface area contributed by atoms with Gasteiger partial charge >= 0.3 is 12.1 Å². The number of hydrogen-bond acceptors (Lipinski definition) is 4. The van der Waals surface area contributed by atoms with Gasteiger partial charge in [-0.2, -0.15) is 0 Å². The zero-order valence-corrected chi connectivity index (χ0v) is 11.5. The molecule has 0 aromatic rings. The fourth-order valence-corrected chi connectivity index (χ4v) is 1.94. The van der Waals surface area contributed by atoms with Crippen LogP contribution in [0.5, 0.6) is 0 Å². The van der Waals surface area contributed by atoms with Crippen LogP contribution >= 0.6 is 0 Å². The molecule has 0 aliphatic carbocycles. The second-order valence-electron chi connectivity index (χ2n) is 5.82. The highest BCUT2D eigenvalue weighted by molar-refractivity contribution is 5.81. The maximum absolute atomic E-state index is 12.0. The molecule has 0 bridgehead atoms. The minimum absolute atomic E-state index is 0.218. The summed E-state index contributed by atoms with van der Waals surface area (Å²) in [5, 5.41) is 9.15. The highest BCUT2D eigenvalue weighted by Crippen LogP contribution is 2.31. The Morgan fingerprint density at radius 3 is 2.33 bits per heavy atom. The molecule has 6 nitrogen and oxygen atoms in total. The largest absolute Gasteiger partial charge is 0.480 e. The molecule has 0 saturated carbocycles. The minimum Gasteiger partial charge on any atom is -0.480 e. The molecule has 18 heavy (non-hydrogen) atoms. The maximum Gasteiger partial charge on any atom is 0.411 e. The van der Waals surface area contributed by atoms with Crippen LogP contribution in [0.25, 0.3) is 0 Å². The predicted molar refractivity (Wildman–Crippen MR) is 64.4 cm³/mol. The van der Waals surface area contributed by atoms with Crippen LogP contribution in [0.3, 0.4) is 0 Å². The van der Waals surface area contributed by atoms with E-state index in [0.717, 1.165) is 0 Å². The molecule has 1 fully saturated rings. The van der Waals surface area contributed by atoms with Crippen molar-refractivity contribution < 1.29 is 24.2 Å². The van der Waals surface area contributed by atoms with Crippen molar-refractivity contribution in [1.82, 2.24) is 4.90 Å². The van der Waals surface area contributed by atoms with Gasteiger partial charge < -0.3 is 14.6 Å². The fraction of sp³-hybridized carbons (Fsp3) is 0.833. The lowest BCUT2D eigenvalue weighted by Gasteiger charge is -2.27. The number of likely N-dealkylation sites (tertiary alicyclic amines) is 1. The van der Waals surface area contributed by atoms with Gasteiger partial charge in [-0.15, -0.1) is 0 Å². The minimum atomic E-state index is -1.04. The number of nitrogens with zero attached hydrogens (tertiary/aromatic N) is 1. The second-order valence-corrected chi connectivity index (χ2v) is 5.82. The molecule has 1 amide bonds. The zero-order chi connectivity index (χ0) is 14.1. The summed E-state index contributed by atoms with van der Waals surface area (Å²) in [6.07, 6.45) is -0.353. The first kappa shape index (κ1) is 14.8. The first-order valence-electron chi connectivity index (χ1n) is 5.85. The Bertz CT molecular complexity index is 349. The number of hydrogen-bond donors (Lipinski definition) is 1. The van der Waals surface area contributed by atoms with Crippen LogP contribution in [0.4, 0.5) is 4.79 Å². The number of carbonyl (C=O) groups excluding carboxylic acids is 1. The van der Waals surface area contributed by atoms with Crippen molar-refractivity contribution in [3.63, 3.8) is 0 Å². The monoisotopic (exact) mass is 259 g/mol. The van der Waals surface area contributed by atoms with Crippen molar-refractivity contribution in [3.8, 4) is 0 Å². The summed E-state index contributed by atoms with van der Waals surface area (Å²) < 4.78 is 10.5. The Morgan fingerprint density at radius 2 is 1.94 bits per heavy atom. The number of methoxy groups -OCH3 is 1. The molecular formula is C12H21NO5. The second kappa shape index (κ2) is 4.76. The van der Waals surface area contributed by atoms with Crippen LogP contribution in [-0.2, 0) is 14.3 Å². The van der Waals surface area contributed by atoms with E-state index in [0.29, 0.717) is 0 Å². The number of amides is 1. The molecule has 6 heteroatoms. The molecule has 1 rings (SSSR count). The smallest absolute Gasteiger partial charge is 0.411 e. The Morgan fingerprint density at radius 1 is 1.39 bits per heavy atom. The predicted octanol–water partition coefficient (Wildman–Crippen LogP) is 1.49.